The molecule has 0 saturated carbocycles. The molecule has 0 bridgehead atoms. The minimum absolute atomic E-state index is 0.0393. The van der Waals surface area contributed by atoms with Crippen molar-refractivity contribution < 1.29 is 38.9 Å². The van der Waals surface area contributed by atoms with Crippen LogP contribution in [0.1, 0.15) is 63.0 Å². The molecule has 44 heavy (non-hydrogen) atoms. The first-order chi connectivity index (χ1) is 21.0. The largest absolute Gasteiger partial charge is 0.481 e. The lowest BCUT2D eigenvalue weighted by Crippen LogP contribution is -2.60. The third-order valence-electron chi connectivity index (χ3n) is 7.61. The summed E-state index contributed by atoms with van der Waals surface area (Å²) < 4.78 is 5.92. The predicted molar refractivity (Wildman–Crippen MR) is 168 cm³/mol. The van der Waals surface area contributed by atoms with E-state index in [1.807, 2.05) is 38.1 Å². The second-order valence-corrected chi connectivity index (χ2v) is 14.1. The van der Waals surface area contributed by atoms with E-state index in [1.165, 1.54) is 26.5 Å². The van der Waals surface area contributed by atoms with Crippen molar-refractivity contribution in [2.24, 2.45) is 0 Å². The smallest absolute Gasteiger partial charge is 0.411 e. The standard InChI is InChI=1S/C31H37N3O8S2/c1-31(2)34(30(41)42-17-23-21-12-7-5-10-19(21)20-11-6-8-13-22(20)23)25(18-43-44-31)28(38)32-15-9-3-4-14-26(35)33-24(29(39)40)16-27(36)37/h5-8,10-13,23-25H,3-4,9,14-18H2,1-2H3,(H,32,38)(H,33,35)(H,36,37)(H,39,40). The van der Waals surface area contributed by atoms with E-state index in [2.05, 4.69) is 34.9 Å². The summed E-state index contributed by atoms with van der Waals surface area (Å²) in [6.45, 7) is 4.27. The van der Waals surface area contributed by atoms with Crippen LogP contribution in [-0.2, 0) is 23.9 Å². The van der Waals surface area contributed by atoms with E-state index in [9.17, 15) is 24.0 Å². The van der Waals surface area contributed by atoms with Gasteiger partial charge in [0.15, 0.2) is 0 Å². The molecule has 2 aromatic carbocycles. The molecule has 1 aliphatic carbocycles. The van der Waals surface area contributed by atoms with Crippen molar-refractivity contribution in [2.75, 3.05) is 18.9 Å². The minimum atomic E-state index is -1.48. The van der Waals surface area contributed by atoms with Crippen molar-refractivity contribution >= 4 is 51.4 Å². The average molecular weight is 644 g/mol. The number of rotatable bonds is 13. The number of carbonyl (C=O) groups is 5. The molecule has 3 amide bonds. The number of unbranched alkanes of at least 4 members (excludes halogenated alkanes) is 2. The molecule has 236 valence electrons. The normalized spacial score (nSPS) is 17.6. The van der Waals surface area contributed by atoms with Crippen LogP contribution in [0, 0.1) is 0 Å². The molecule has 11 nitrogen and oxygen atoms in total. The van der Waals surface area contributed by atoms with Gasteiger partial charge in [-0.05, 0) is 48.9 Å². The number of fused-ring (bicyclic) bond motifs is 3. The Labute approximate surface area is 263 Å². The number of nitrogens with one attached hydrogen (secondary N) is 2. The van der Waals surface area contributed by atoms with Gasteiger partial charge in [-0.2, -0.15) is 0 Å². The number of ether oxygens (including phenoxy) is 1. The highest BCUT2D eigenvalue weighted by atomic mass is 33.1. The lowest BCUT2D eigenvalue weighted by molar-refractivity contribution is -0.147. The van der Waals surface area contributed by atoms with Crippen LogP contribution in [0.5, 0.6) is 0 Å². The second-order valence-electron chi connectivity index (χ2n) is 11.2. The molecule has 1 fully saturated rings. The van der Waals surface area contributed by atoms with Gasteiger partial charge in [-0.25, -0.2) is 9.59 Å². The van der Waals surface area contributed by atoms with Crippen LogP contribution in [0.3, 0.4) is 0 Å². The monoisotopic (exact) mass is 643 g/mol. The molecular weight excluding hydrogens is 606 g/mol. The molecule has 0 radical (unpaired) electrons. The number of hydrogen-bond donors (Lipinski definition) is 4. The SMILES string of the molecule is CC1(C)SSCC(C(=O)NCCCCCC(=O)NC(CC(=O)O)C(=O)O)N1C(=O)OCC1c2ccccc2-c2ccccc21. The Bertz CT molecular complexity index is 1360. The Morgan fingerprint density at radius 2 is 1.61 bits per heavy atom. The first-order valence-corrected chi connectivity index (χ1v) is 16.8. The van der Waals surface area contributed by atoms with Gasteiger partial charge < -0.3 is 25.6 Å². The van der Waals surface area contributed by atoms with E-state index in [4.69, 9.17) is 14.9 Å². The highest BCUT2D eigenvalue weighted by molar-refractivity contribution is 8.77. The summed E-state index contributed by atoms with van der Waals surface area (Å²) in [7, 11) is 3.04. The lowest BCUT2D eigenvalue weighted by atomic mass is 9.98. The summed E-state index contributed by atoms with van der Waals surface area (Å²) >= 11 is 0. The molecule has 1 saturated heterocycles. The van der Waals surface area contributed by atoms with Gasteiger partial charge in [0, 0.05) is 24.6 Å². The van der Waals surface area contributed by atoms with Crippen molar-refractivity contribution in [3.8, 4) is 11.1 Å². The van der Waals surface area contributed by atoms with Crippen molar-refractivity contribution in [3.63, 3.8) is 0 Å². The van der Waals surface area contributed by atoms with E-state index in [0.717, 1.165) is 22.3 Å². The van der Waals surface area contributed by atoms with Gasteiger partial charge in [0.2, 0.25) is 11.8 Å². The molecule has 4 N–H and O–H groups in total. The summed E-state index contributed by atoms with van der Waals surface area (Å²) in [5, 5.41) is 23.0. The van der Waals surface area contributed by atoms with E-state index >= 15 is 0 Å². The Morgan fingerprint density at radius 3 is 2.23 bits per heavy atom. The highest BCUT2D eigenvalue weighted by Crippen LogP contribution is 2.47. The Kier molecular flexibility index (Phi) is 11.2. The van der Waals surface area contributed by atoms with Gasteiger partial charge in [-0.1, -0.05) is 76.5 Å². The molecule has 2 aromatic rings. The number of carboxylic acid groups (broad SMARTS) is 2. The topological polar surface area (TPSA) is 162 Å². The first-order valence-electron chi connectivity index (χ1n) is 14.5. The maximum absolute atomic E-state index is 13.6. The Morgan fingerprint density at radius 1 is 0.977 bits per heavy atom. The van der Waals surface area contributed by atoms with Crippen LogP contribution in [0.25, 0.3) is 11.1 Å². The van der Waals surface area contributed by atoms with Crippen LogP contribution >= 0.6 is 21.6 Å². The number of hydrogen-bond acceptors (Lipinski definition) is 8. The maximum atomic E-state index is 13.6. The van der Waals surface area contributed by atoms with Gasteiger partial charge in [0.05, 0.1) is 11.3 Å². The van der Waals surface area contributed by atoms with Crippen molar-refractivity contribution in [2.45, 2.75) is 68.8 Å². The summed E-state index contributed by atoms with van der Waals surface area (Å²) in [5.41, 5.74) is 4.49. The Balaban J connectivity index is 1.27. The van der Waals surface area contributed by atoms with Gasteiger partial charge >= 0.3 is 18.0 Å². The molecular formula is C31H37N3O8S2. The fourth-order valence-electron chi connectivity index (χ4n) is 5.49. The van der Waals surface area contributed by atoms with Crippen molar-refractivity contribution in [1.82, 2.24) is 15.5 Å². The molecule has 1 aliphatic heterocycles. The van der Waals surface area contributed by atoms with Crippen molar-refractivity contribution in [1.29, 1.82) is 0 Å². The molecule has 2 unspecified atom stereocenters. The fraction of sp³-hybridized carbons (Fsp3) is 0.452. The summed E-state index contributed by atoms with van der Waals surface area (Å²) in [5.74, 6) is -3.23. The van der Waals surface area contributed by atoms with Crippen LogP contribution in [-0.4, -0.2) is 80.8 Å². The number of amides is 3. The van der Waals surface area contributed by atoms with E-state index in [0.29, 0.717) is 31.6 Å². The van der Waals surface area contributed by atoms with Crippen LogP contribution in [0.2, 0.25) is 0 Å². The van der Waals surface area contributed by atoms with Gasteiger partial charge in [0.1, 0.15) is 18.7 Å². The Hall–Kier alpha value is -3.71. The zero-order chi connectivity index (χ0) is 31.9. The molecule has 2 aliphatic rings. The van der Waals surface area contributed by atoms with Crippen LogP contribution < -0.4 is 10.6 Å². The van der Waals surface area contributed by atoms with E-state index in [-0.39, 0.29) is 24.9 Å². The van der Waals surface area contributed by atoms with Gasteiger partial charge in [-0.15, -0.1) is 0 Å². The van der Waals surface area contributed by atoms with Crippen LogP contribution in [0.15, 0.2) is 48.5 Å². The van der Waals surface area contributed by atoms with Crippen molar-refractivity contribution in [3.05, 3.63) is 59.7 Å². The summed E-state index contributed by atoms with van der Waals surface area (Å²) in [6, 6.07) is 14.0. The molecule has 1 heterocycles. The first kappa shape index (κ1) is 33.2. The van der Waals surface area contributed by atoms with Gasteiger partial charge in [0.25, 0.3) is 0 Å². The second kappa shape index (κ2) is 14.8. The number of carbonyl (C=O) groups excluding carboxylic acids is 3. The third kappa shape index (κ3) is 8.06. The van der Waals surface area contributed by atoms with Gasteiger partial charge in [-0.3, -0.25) is 19.3 Å². The fourth-order valence-corrected chi connectivity index (χ4v) is 8.26. The number of aliphatic carboxylic acids is 2. The quantitative estimate of drug-likeness (QED) is 0.181. The van der Waals surface area contributed by atoms with E-state index < -0.39 is 47.3 Å². The number of carboxylic acids is 2. The molecule has 0 aromatic heterocycles. The predicted octanol–water partition coefficient (Wildman–Crippen LogP) is 4.46. The minimum Gasteiger partial charge on any atom is -0.481 e. The molecule has 4 rings (SSSR count). The average Bonchev–Trinajstić information content (AvgIpc) is 3.30. The van der Waals surface area contributed by atoms with E-state index in [1.54, 1.807) is 0 Å². The summed E-state index contributed by atoms with van der Waals surface area (Å²) in [6.07, 6.45) is 0.391. The molecule has 2 atom stereocenters. The maximum Gasteiger partial charge on any atom is 0.411 e. The number of nitrogens with zero attached hydrogens (tertiary/aromatic N) is 1. The third-order valence-corrected chi connectivity index (χ3v) is 10.8. The zero-order valence-electron chi connectivity index (χ0n) is 24.6. The number of benzene rings is 2. The highest BCUT2D eigenvalue weighted by Gasteiger charge is 2.45. The lowest BCUT2D eigenvalue weighted by Gasteiger charge is -2.44. The molecule has 13 heteroatoms. The van der Waals surface area contributed by atoms with Crippen LogP contribution in [0.4, 0.5) is 4.79 Å². The molecule has 0 spiro atoms. The summed E-state index contributed by atoms with van der Waals surface area (Å²) in [4.78, 5) is 61.6. The zero-order valence-corrected chi connectivity index (χ0v) is 26.2.